The summed E-state index contributed by atoms with van der Waals surface area (Å²) in [7, 11) is 0. The monoisotopic (exact) mass is 395 g/mol. The zero-order chi connectivity index (χ0) is 19.3. The minimum Gasteiger partial charge on any atom is -0.349 e. The van der Waals surface area contributed by atoms with Crippen LogP contribution in [0.2, 0.25) is 0 Å². The molecule has 2 N–H and O–H groups in total. The van der Waals surface area contributed by atoms with E-state index in [0.717, 1.165) is 6.54 Å². The number of carbonyl (C=O) groups excluding carboxylic acids is 1. The number of benzene rings is 1. The summed E-state index contributed by atoms with van der Waals surface area (Å²) < 4.78 is 1.24. The van der Waals surface area contributed by atoms with Gasteiger partial charge in [-0.1, -0.05) is 19.1 Å². The second-order valence-electron chi connectivity index (χ2n) is 5.82. The molecule has 0 unspecified atom stereocenters. The fourth-order valence-electron chi connectivity index (χ4n) is 2.50. The van der Waals surface area contributed by atoms with Crippen molar-refractivity contribution in [2.45, 2.75) is 26.8 Å². The van der Waals surface area contributed by atoms with E-state index in [9.17, 15) is 19.7 Å². The third-order valence-corrected chi connectivity index (χ3v) is 3.75. The van der Waals surface area contributed by atoms with Gasteiger partial charge in [-0.05, 0) is 26.5 Å². The van der Waals surface area contributed by atoms with Crippen LogP contribution in [0.4, 0.5) is 5.69 Å². The van der Waals surface area contributed by atoms with E-state index in [-0.39, 0.29) is 35.5 Å². The maximum atomic E-state index is 12.3. The van der Waals surface area contributed by atoms with Crippen LogP contribution in [0.1, 0.15) is 30.0 Å². The number of halogens is 1. The molecule has 1 atom stereocenters. The van der Waals surface area contributed by atoms with Crippen molar-refractivity contribution in [3.05, 3.63) is 62.1 Å². The number of para-hydroxylation sites is 2. The number of aromatic nitrogens is 2. The summed E-state index contributed by atoms with van der Waals surface area (Å²) >= 11 is 0. The van der Waals surface area contributed by atoms with Crippen molar-refractivity contribution in [3.63, 3.8) is 0 Å². The quantitative estimate of drug-likeness (QED) is 0.542. The Morgan fingerprint density at radius 1 is 1.37 bits per heavy atom. The molecule has 1 aromatic heterocycles. The van der Waals surface area contributed by atoms with Gasteiger partial charge in [0.1, 0.15) is 5.69 Å². The first-order valence-electron chi connectivity index (χ1n) is 8.21. The van der Waals surface area contributed by atoms with Crippen LogP contribution in [0, 0.1) is 17.0 Å². The van der Waals surface area contributed by atoms with Gasteiger partial charge in [0.15, 0.2) is 5.69 Å². The van der Waals surface area contributed by atoms with Gasteiger partial charge in [0, 0.05) is 30.4 Å². The van der Waals surface area contributed by atoms with Gasteiger partial charge in [0.25, 0.3) is 11.6 Å². The van der Waals surface area contributed by atoms with Gasteiger partial charge in [-0.15, -0.1) is 12.4 Å². The van der Waals surface area contributed by atoms with Crippen molar-refractivity contribution in [3.8, 4) is 5.69 Å². The molecule has 0 fully saturated rings. The lowest BCUT2D eigenvalue weighted by Gasteiger charge is -2.14. The number of carbonyl (C=O) groups is 1. The van der Waals surface area contributed by atoms with Crippen LogP contribution in [0.25, 0.3) is 5.69 Å². The lowest BCUT2D eigenvalue weighted by Crippen LogP contribution is -2.40. The molecule has 1 aromatic carbocycles. The zero-order valence-corrected chi connectivity index (χ0v) is 16.1. The summed E-state index contributed by atoms with van der Waals surface area (Å²) in [5.74, 6) is -0.618. The molecule has 0 saturated heterocycles. The Hall–Kier alpha value is -2.78. The Bertz CT molecular complexity index is 884. The third kappa shape index (κ3) is 5.35. The van der Waals surface area contributed by atoms with E-state index < -0.39 is 16.3 Å². The van der Waals surface area contributed by atoms with Gasteiger partial charge < -0.3 is 10.6 Å². The first-order valence-corrected chi connectivity index (χ1v) is 8.21. The molecule has 0 bridgehead atoms. The summed E-state index contributed by atoms with van der Waals surface area (Å²) in [5, 5.41) is 21.1. The minimum atomic E-state index is -0.618. The Labute approximate surface area is 162 Å². The average molecular weight is 396 g/mol. The molecule has 2 rings (SSSR count). The molecule has 9 nitrogen and oxygen atoms in total. The molecule has 0 saturated carbocycles. The van der Waals surface area contributed by atoms with Crippen LogP contribution in [0.5, 0.6) is 0 Å². The van der Waals surface area contributed by atoms with E-state index >= 15 is 0 Å². The predicted molar refractivity (Wildman–Crippen MR) is 104 cm³/mol. The second-order valence-corrected chi connectivity index (χ2v) is 5.82. The predicted octanol–water partition coefficient (Wildman–Crippen LogP) is 1.60. The van der Waals surface area contributed by atoms with Gasteiger partial charge in [-0.3, -0.25) is 19.7 Å². The summed E-state index contributed by atoms with van der Waals surface area (Å²) in [5.41, 5.74) is -0.436. The number of likely N-dealkylation sites (N-methyl/N-ethyl adjacent to an activating group) is 1. The first kappa shape index (κ1) is 22.3. The van der Waals surface area contributed by atoms with E-state index in [4.69, 9.17) is 0 Å². The van der Waals surface area contributed by atoms with Crippen LogP contribution in [-0.2, 0) is 0 Å². The Kier molecular flexibility index (Phi) is 8.07. The molecular formula is C17H22ClN5O4. The number of hydrogen-bond acceptors (Lipinski definition) is 6. The van der Waals surface area contributed by atoms with Gasteiger partial charge in [0.05, 0.1) is 4.92 Å². The summed E-state index contributed by atoms with van der Waals surface area (Å²) in [6.45, 7) is 6.53. The zero-order valence-electron chi connectivity index (χ0n) is 15.3. The van der Waals surface area contributed by atoms with Crippen molar-refractivity contribution in [2.75, 3.05) is 13.1 Å². The molecule has 2 aromatic rings. The average Bonchev–Trinajstić information content (AvgIpc) is 2.60. The summed E-state index contributed by atoms with van der Waals surface area (Å²) in [4.78, 5) is 35.2. The molecule has 0 aliphatic rings. The number of nitro groups is 1. The highest BCUT2D eigenvalue weighted by Crippen LogP contribution is 2.22. The van der Waals surface area contributed by atoms with E-state index in [1.807, 2.05) is 13.8 Å². The molecular weight excluding hydrogens is 374 g/mol. The first-order chi connectivity index (χ1) is 12.3. The van der Waals surface area contributed by atoms with Crippen LogP contribution in [0.15, 0.2) is 35.1 Å². The van der Waals surface area contributed by atoms with Crippen molar-refractivity contribution >= 4 is 24.0 Å². The van der Waals surface area contributed by atoms with Crippen molar-refractivity contribution < 1.29 is 9.72 Å². The lowest BCUT2D eigenvalue weighted by atomic mass is 10.2. The molecule has 0 spiro atoms. The number of nitro benzene ring substituents is 1. The molecule has 1 heterocycles. The van der Waals surface area contributed by atoms with Gasteiger partial charge in [-0.25, -0.2) is 4.68 Å². The highest BCUT2D eigenvalue weighted by molar-refractivity contribution is 5.92. The maximum Gasteiger partial charge on any atom is 0.294 e. The standard InChI is InChI=1S/C17H21N5O4.ClH/c1-4-18-11(2)10-19-17(24)16-15(23)9-12(3)21(20-16)13-7-5-6-8-14(13)22(25)26;/h5-9,11,18H,4,10H2,1-3H3,(H,19,24);1H/t11-;/m1./s1. The summed E-state index contributed by atoms with van der Waals surface area (Å²) in [6, 6.07) is 7.29. The van der Waals surface area contributed by atoms with Crippen LogP contribution < -0.4 is 16.1 Å². The van der Waals surface area contributed by atoms with Gasteiger partial charge in [-0.2, -0.15) is 5.10 Å². The largest absolute Gasteiger partial charge is 0.349 e. The number of aryl methyl sites for hydroxylation is 1. The maximum absolute atomic E-state index is 12.3. The topological polar surface area (TPSA) is 119 Å². The number of rotatable bonds is 7. The molecule has 27 heavy (non-hydrogen) atoms. The Morgan fingerprint density at radius 2 is 2.04 bits per heavy atom. The van der Waals surface area contributed by atoms with E-state index in [0.29, 0.717) is 12.2 Å². The van der Waals surface area contributed by atoms with E-state index in [1.54, 1.807) is 13.0 Å². The smallest absolute Gasteiger partial charge is 0.294 e. The fourth-order valence-corrected chi connectivity index (χ4v) is 2.50. The SMILES string of the molecule is CCN[C@H](C)CNC(=O)c1nn(-c2ccccc2[N+](=O)[O-])c(C)cc1=O.Cl. The number of nitrogens with zero attached hydrogens (tertiary/aromatic N) is 3. The minimum absolute atomic E-state index is 0. The fraction of sp³-hybridized carbons (Fsp3) is 0.353. The van der Waals surface area contributed by atoms with Crippen molar-refractivity contribution in [1.29, 1.82) is 0 Å². The van der Waals surface area contributed by atoms with Crippen molar-refractivity contribution in [1.82, 2.24) is 20.4 Å². The number of nitrogens with one attached hydrogen (secondary N) is 2. The van der Waals surface area contributed by atoms with E-state index in [2.05, 4.69) is 15.7 Å². The van der Waals surface area contributed by atoms with Crippen LogP contribution >= 0.6 is 12.4 Å². The van der Waals surface area contributed by atoms with E-state index in [1.165, 1.54) is 28.9 Å². The Balaban J connectivity index is 0.00000364. The molecule has 0 aliphatic heterocycles. The van der Waals surface area contributed by atoms with Gasteiger partial charge in [0.2, 0.25) is 5.43 Å². The number of amides is 1. The lowest BCUT2D eigenvalue weighted by molar-refractivity contribution is -0.384. The highest BCUT2D eigenvalue weighted by Gasteiger charge is 2.20. The van der Waals surface area contributed by atoms with Crippen molar-refractivity contribution in [2.24, 2.45) is 0 Å². The second kappa shape index (κ2) is 9.79. The Morgan fingerprint density at radius 3 is 2.67 bits per heavy atom. The normalized spacial score (nSPS) is 11.4. The molecule has 146 valence electrons. The highest BCUT2D eigenvalue weighted by atomic mass is 35.5. The van der Waals surface area contributed by atoms with Crippen LogP contribution in [0.3, 0.4) is 0 Å². The molecule has 0 aliphatic carbocycles. The number of hydrogen-bond donors (Lipinski definition) is 2. The van der Waals surface area contributed by atoms with Crippen LogP contribution in [-0.4, -0.2) is 39.7 Å². The molecule has 1 amide bonds. The van der Waals surface area contributed by atoms with Gasteiger partial charge >= 0.3 is 0 Å². The molecule has 0 radical (unpaired) electrons. The molecule has 10 heteroatoms. The third-order valence-electron chi connectivity index (χ3n) is 3.75. The summed E-state index contributed by atoms with van der Waals surface area (Å²) in [6.07, 6.45) is 0.